The summed E-state index contributed by atoms with van der Waals surface area (Å²) in [4.78, 5) is 23.8. The lowest BCUT2D eigenvalue weighted by Crippen LogP contribution is -2.07. The highest BCUT2D eigenvalue weighted by molar-refractivity contribution is 5.94. The predicted molar refractivity (Wildman–Crippen MR) is 112 cm³/mol. The van der Waals surface area contributed by atoms with Gasteiger partial charge in [-0.3, -0.25) is 4.79 Å². The Kier molecular flexibility index (Phi) is 7.17. The molecular formula is C25H24O4. The highest BCUT2D eigenvalue weighted by Gasteiger charge is 2.10. The van der Waals surface area contributed by atoms with E-state index in [0.717, 1.165) is 16.9 Å². The second-order valence-electron chi connectivity index (χ2n) is 6.76. The maximum absolute atomic E-state index is 12.0. The number of rotatable bonds is 9. The Morgan fingerprint density at radius 3 is 2.21 bits per heavy atom. The molecule has 148 valence electrons. The van der Waals surface area contributed by atoms with E-state index in [1.165, 1.54) is 0 Å². The summed E-state index contributed by atoms with van der Waals surface area (Å²) in [5.41, 5.74) is 3.20. The fourth-order valence-corrected chi connectivity index (χ4v) is 2.95. The molecule has 3 rings (SSSR count). The van der Waals surface area contributed by atoms with Crippen LogP contribution in [0, 0.1) is 0 Å². The minimum absolute atomic E-state index is 0.0105. The Morgan fingerprint density at radius 1 is 0.828 bits per heavy atom. The van der Waals surface area contributed by atoms with E-state index < -0.39 is 0 Å². The van der Waals surface area contributed by atoms with Crippen LogP contribution in [-0.4, -0.2) is 18.4 Å². The molecule has 0 aliphatic heterocycles. The van der Waals surface area contributed by atoms with Gasteiger partial charge in [-0.05, 0) is 61.2 Å². The first-order valence-electron chi connectivity index (χ1n) is 9.66. The van der Waals surface area contributed by atoms with E-state index in [4.69, 9.17) is 9.47 Å². The Bertz CT molecular complexity index is 949. The maximum atomic E-state index is 12.0. The molecule has 0 N–H and O–H groups in total. The molecule has 0 bridgehead atoms. The fraction of sp³-hybridized carbons (Fsp3) is 0.200. The van der Waals surface area contributed by atoms with E-state index in [-0.39, 0.29) is 11.8 Å². The number of esters is 1. The fourth-order valence-electron chi connectivity index (χ4n) is 2.95. The third-order valence-electron chi connectivity index (χ3n) is 4.54. The zero-order valence-electron chi connectivity index (χ0n) is 16.5. The molecular weight excluding hydrogens is 364 g/mol. The number of hydrogen-bond donors (Lipinski definition) is 0. The number of carbonyl (C=O) groups excluding carboxylic acids is 2. The van der Waals surface area contributed by atoms with Gasteiger partial charge in [-0.15, -0.1) is 0 Å². The molecule has 0 aliphatic rings. The van der Waals surface area contributed by atoms with Crippen LogP contribution in [0.1, 0.15) is 45.2 Å². The molecule has 4 nitrogen and oxygen atoms in total. The molecule has 0 saturated heterocycles. The summed E-state index contributed by atoms with van der Waals surface area (Å²) in [7, 11) is 0. The third-order valence-corrected chi connectivity index (χ3v) is 4.54. The lowest BCUT2D eigenvalue weighted by atomic mass is 10.0. The van der Waals surface area contributed by atoms with Gasteiger partial charge in [0.1, 0.15) is 12.4 Å². The minimum Gasteiger partial charge on any atom is -0.489 e. The monoisotopic (exact) mass is 388 g/mol. The number of carbonyl (C=O) groups is 2. The highest BCUT2D eigenvalue weighted by Crippen LogP contribution is 2.23. The molecule has 3 aromatic carbocycles. The minimum atomic E-state index is -0.330. The van der Waals surface area contributed by atoms with Crippen molar-refractivity contribution in [1.29, 1.82) is 0 Å². The van der Waals surface area contributed by atoms with Gasteiger partial charge < -0.3 is 9.47 Å². The molecule has 0 atom stereocenters. The van der Waals surface area contributed by atoms with E-state index in [0.29, 0.717) is 37.2 Å². The summed E-state index contributed by atoms with van der Waals surface area (Å²) in [5.74, 6) is 0.424. The zero-order valence-corrected chi connectivity index (χ0v) is 16.5. The van der Waals surface area contributed by atoms with Gasteiger partial charge in [0, 0.05) is 5.56 Å². The summed E-state index contributed by atoms with van der Waals surface area (Å²) in [6, 6.07) is 24.3. The SMILES string of the molecule is CC(=O)c1ccc(OCc2ccccc2)c(CCCOC(=O)c2ccccc2)c1. The Hall–Kier alpha value is -3.40. The smallest absolute Gasteiger partial charge is 0.338 e. The molecule has 0 amide bonds. The largest absolute Gasteiger partial charge is 0.489 e. The first-order valence-corrected chi connectivity index (χ1v) is 9.66. The van der Waals surface area contributed by atoms with Gasteiger partial charge in [-0.2, -0.15) is 0 Å². The molecule has 3 aromatic rings. The van der Waals surface area contributed by atoms with Crippen molar-refractivity contribution < 1.29 is 19.1 Å². The van der Waals surface area contributed by atoms with Crippen LogP contribution in [0.3, 0.4) is 0 Å². The van der Waals surface area contributed by atoms with Gasteiger partial charge in [0.05, 0.1) is 12.2 Å². The van der Waals surface area contributed by atoms with E-state index in [2.05, 4.69) is 0 Å². The van der Waals surface area contributed by atoms with Gasteiger partial charge in [0.15, 0.2) is 5.78 Å². The Labute approximate surface area is 171 Å². The summed E-state index contributed by atoms with van der Waals surface area (Å²) >= 11 is 0. The van der Waals surface area contributed by atoms with E-state index >= 15 is 0 Å². The molecule has 4 heteroatoms. The van der Waals surface area contributed by atoms with Crippen LogP contribution in [0.4, 0.5) is 0 Å². The average molecular weight is 388 g/mol. The second kappa shape index (κ2) is 10.2. The van der Waals surface area contributed by atoms with Crippen LogP contribution in [0.5, 0.6) is 5.75 Å². The lowest BCUT2D eigenvalue weighted by molar-refractivity contribution is 0.0500. The number of Topliss-reactive ketones (excluding diaryl/α,β-unsaturated/α-hetero) is 1. The van der Waals surface area contributed by atoms with Crippen LogP contribution < -0.4 is 4.74 Å². The van der Waals surface area contributed by atoms with Gasteiger partial charge in [-0.25, -0.2) is 4.79 Å². The molecule has 0 fully saturated rings. The van der Waals surface area contributed by atoms with Gasteiger partial charge >= 0.3 is 5.97 Å². The molecule has 0 spiro atoms. The van der Waals surface area contributed by atoms with Crippen LogP contribution >= 0.6 is 0 Å². The van der Waals surface area contributed by atoms with Crippen LogP contribution in [0.25, 0.3) is 0 Å². The van der Waals surface area contributed by atoms with E-state index in [9.17, 15) is 9.59 Å². The molecule has 0 aliphatic carbocycles. The number of ketones is 1. The second-order valence-corrected chi connectivity index (χ2v) is 6.76. The normalized spacial score (nSPS) is 10.4. The van der Waals surface area contributed by atoms with Gasteiger partial charge in [0.2, 0.25) is 0 Å². The average Bonchev–Trinajstić information content (AvgIpc) is 2.76. The zero-order chi connectivity index (χ0) is 20.5. The maximum Gasteiger partial charge on any atom is 0.338 e. The van der Waals surface area contributed by atoms with Crippen molar-refractivity contribution in [3.05, 3.63) is 101 Å². The van der Waals surface area contributed by atoms with Crippen molar-refractivity contribution in [2.45, 2.75) is 26.4 Å². The van der Waals surface area contributed by atoms with Crippen LogP contribution in [-0.2, 0) is 17.8 Å². The van der Waals surface area contributed by atoms with Crippen molar-refractivity contribution in [1.82, 2.24) is 0 Å². The quantitative estimate of drug-likeness (QED) is 0.285. The van der Waals surface area contributed by atoms with E-state index in [1.807, 2.05) is 48.5 Å². The third kappa shape index (κ3) is 6.04. The molecule has 0 aromatic heterocycles. The molecule has 0 saturated carbocycles. The first-order chi connectivity index (χ1) is 14.1. The molecule has 0 unspecified atom stereocenters. The van der Waals surface area contributed by atoms with Crippen LogP contribution in [0.2, 0.25) is 0 Å². The molecule has 0 heterocycles. The summed E-state index contributed by atoms with van der Waals surface area (Å²) in [5, 5.41) is 0. The summed E-state index contributed by atoms with van der Waals surface area (Å²) in [6.45, 7) is 2.30. The van der Waals surface area contributed by atoms with Gasteiger partial charge in [-0.1, -0.05) is 48.5 Å². The first kappa shape index (κ1) is 20.3. The topological polar surface area (TPSA) is 52.6 Å². The van der Waals surface area contributed by atoms with Crippen molar-refractivity contribution in [3.63, 3.8) is 0 Å². The van der Waals surface area contributed by atoms with Crippen molar-refractivity contribution in [3.8, 4) is 5.75 Å². The number of ether oxygens (including phenoxy) is 2. The number of aryl methyl sites for hydroxylation is 1. The molecule has 0 radical (unpaired) electrons. The summed E-state index contributed by atoms with van der Waals surface area (Å²) < 4.78 is 11.3. The van der Waals surface area contributed by atoms with Gasteiger partial charge in [0.25, 0.3) is 0 Å². The van der Waals surface area contributed by atoms with Crippen LogP contribution in [0.15, 0.2) is 78.9 Å². The van der Waals surface area contributed by atoms with E-state index in [1.54, 1.807) is 37.3 Å². The standard InChI is InChI=1S/C25H24O4/c1-19(26)22-14-15-24(29-18-20-9-4-2-5-10-20)23(17-22)13-8-16-28-25(27)21-11-6-3-7-12-21/h2-7,9-12,14-15,17H,8,13,16,18H2,1H3. The Morgan fingerprint density at radius 2 is 1.52 bits per heavy atom. The summed E-state index contributed by atoms with van der Waals surface area (Å²) in [6.07, 6.45) is 1.29. The number of benzene rings is 3. The lowest BCUT2D eigenvalue weighted by Gasteiger charge is -2.13. The van der Waals surface area contributed by atoms with Crippen molar-refractivity contribution >= 4 is 11.8 Å². The number of hydrogen-bond acceptors (Lipinski definition) is 4. The molecule has 29 heavy (non-hydrogen) atoms. The predicted octanol–water partition coefficient (Wildman–Crippen LogP) is 5.26. The Balaban J connectivity index is 1.60. The van der Waals surface area contributed by atoms with Crippen molar-refractivity contribution in [2.24, 2.45) is 0 Å². The van der Waals surface area contributed by atoms with Crippen molar-refractivity contribution in [2.75, 3.05) is 6.61 Å². The highest BCUT2D eigenvalue weighted by atomic mass is 16.5.